The Morgan fingerprint density at radius 1 is 0.262 bits per heavy atom. The largest absolute Gasteiger partial charge is 0.135 e. The molecule has 0 atom stereocenters. The van der Waals surface area contributed by atoms with Crippen LogP contribution in [-0.4, -0.2) is 0 Å². The Kier molecular flexibility index (Phi) is 5.34. The fourth-order valence-electron chi connectivity index (χ4n) is 6.45. The summed E-state index contributed by atoms with van der Waals surface area (Å²) in [6.07, 6.45) is 0. The van der Waals surface area contributed by atoms with E-state index in [0.29, 0.717) is 0 Å². The molecule has 0 aliphatic rings. The van der Waals surface area contributed by atoms with E-state index in [1.807, 2.05) is 22.7 Å². The van der Waals surface area contributed by atoms with Gasteiger partial charge in [0.25, 0.3) is 0 Å². The third kappa shape index (κ3) is 3.73. The first kappa shape index (κ1) is 23.9. The Morgan fingerprint density at radius 3 is 1.52 bits per heavy atom. The Labute approximate surface area is 251 Å². The molecule has 42 heavy (non-hydrogen) atoms. The van der Waals surface area contributed by atoms with Gasteiger partial charge in [-0.1, -0.05) is 103 Å². The van der Waals surface area contributed by atoms with E-state index in [4.69, 9.17) is 0 Å². The van der Waals surface area contributed by atoms with Crippen molar-refractivity contribution in [3.63, 3.8) is 0 Å². The summed E-state index contributed by atoms with van der Waals surface area (Å²) >= 11 is 3.75. The predicted molar refractivity (Wildman–Crippen MR) is 186 cm³/mol. The maximum Gasteiger partial charge on any atom is 0.0355 e. The van der Waals surface area contributed by atoms with E-state index >= 15 is 0 Å². The molecule has 0 saturated heterocycles. The van der Waals surface area contributed by atoms with Crippen LogP contribution in [0.15, 0.2) is 146 Å². The molecule has 2 heterocycles. The van der Waals surface area contributed by atoms with Gasteiger partial charge in [0.2, 0.25) is 0 Å². The van der Waals surface area contributed by atoms with Gasteiger partial charge in [0, 0.05) is 29.9 Å². The second kappa shape index (κ2) is 9.39. The fraction of sp³-hybridized carbons (Fsp3) is 0. The van der Waals surface area contributed by atoms with Gasteiger partial charge in [0.15, 0.2) is 0 Å². The van der Waals surface area contributed by atoms with Crippen LogP contribution >= 0.6 is 22.7 Å². The SMILES string of the molecule is c1ccc(-c2ccc3c(c2)c2ccccc2c2ccc(-c4ccc(-c5ccc6sc7ccccc7c6c5)s4)cc23)cc1. The van der Waals surface area contributed by atoms with E-state index in [1.165, 1.54) is 84.5 Å². The van der Waals surface area contributed by atoms with Gasteiger partial charge < -0.3 is 0 Å². The lowest BCUT2D eigenvalue weighted by molar-refractivity contribution is 1.65. The number of hydrogen-bond donors (Lipinski definition) is 0. The molecule has 2 heteroatoms. The molecule has 0 nitrogen and oxygen atoms in total. The highest BCUT2D eigenvalue weighted by atomic mass is 32.1. The van der Waals surface area contributed by atoms with E-state index in [9.17, 15) is 0 Å². The predicted octanol–water partition coefficient (Wildman–Crippen LogP) is 12.6. The van der Waals surface area contributed by atoms with Gasteiger partial charge in [-0.3, -0.25) is 0 Å². The van der Waals surface area contributed by atoms with Crippen molar-refractivity contribution in [3.8, 4) is 32.0 Å². The third-order valence-corrected chi connectivity index (χ3v) is 10.8. The van der Waals surface area contributed by atoms with Crippen molar-refractivity contribution < 1.29 is 0 Å². The van der Waals surface area contributed by atoms with Gasteiger partial charge in [-0.05, 0) is 97.0 Å². The summed E-state index contributed by atoms with van der Waals surface area (Å²) in [4.78, 5) is 2.60. The first-order valence-corrected chi connectivity index (χ1v) is 15.9. The van der Waals surface area contributed by atoms with Crippen LogP contribution in [0.25, 0.3) is 84.5 Å². The first-order chi connectivity index (χ1) is 20.8. The monoisotopic (exact) mass is 568 g/mol. The Bertz CT molecular complexity index is 2460. The fourth-order valence-corrected chi connectivity index (χ4v) is 8.53. The van der Waals surface area contributed by atoms with Crippen molar-refractivity contribution in [2.45, 2.75) is 0 Å². The van der Waals surface area contributed by atoms with Gasteiger partial charge in [0.1, 0.15) is 0 Å². The van der Waals surface area contributed by atoms with Gasteiger partial charge in [-0.25, -0.2) is 0 Å². The summed E-state index contributed by atoms with van der Waals surface area (Å²) in [5.74, 6) is 0. The average Bonchev–Trinajstić information content (AvgIpc) is 3.70. The van der Waals surface area contributed by atoms with Gasteiger partial charge in [0.05, 0.1) is 0 Å². The Balaban J connectivity index is 1.19. The van der Waals surface area contributed by atoms with Crippen molar-refractivity contribution in [1.82, 2.24) is 0 Å². The molecule has 0 bridgehead atoms. The van der Waals surface area contributed by atoms with Gasteiger partial charge >= 0.3 is 0 Å². The van der Waals surface area contributed by atoms with Crippen LogP contribution in [0, 0.1) is 0 Å². The minimum Gasteiger partial charge on any atom is -0.135 e. The van der Waals surface area contributed by atoms with Crippen molar-refractivity contribution in [3.05, 3.63) is 146 Å². The summed E-state index contributed by atoms with van der Waals surface area (Å²) in [6, 6.07) is 53.7. The molecule has 0 fully saturated rings. The van der Waals surface area contributed by atoms with E-state index < -0.39 is 0 Å². The van der Waals surface area contributed by atoms with Crippen LogP contribution in [0.3, 0.4) is 0 Å². The Hall–Kier alpha value is -4.76. The third-order valence-electron chi connectivity index (χ3n) is 8.50. The lowest BCUT2D eigenvalue weighted by atomic mass is 9.91. The first-order valence-electron chi connectivity index (χ1n) is 14.3. The van der Waals surface area contributed by atoms with Crippen molar-refractivity contribution in [2.24, 2.45) is 0 Å². The zero-order chi connectivity index (χ0) is 27.6. The van der Waals surface area contributed by atoms with Gasteiger partial charge in [-0.2, -0.15) is 0 Å². The number of hydrogen-bond acceptors (Lipinski definition) is 2. The summed E-state index contributed by atoms with van der Waals surface area (Å²) in [6.45, 7) is 0. The molecule has 0 N–H and O–H groups in total. The van der Waals surface area contributed by atoms with E-state index in [1.54, 1.807) is 0 Å². The molecule has 2 aromatic heterocycles. The normalized spacial score (nSPS) is 11.8. The maximum absolute atomic E-state index is 2.40. The molecular weight excluding hydrogens is 545 g/mol. The van der Waals surface area contributed by atoms with E-state index in [2.05, 4.69) is 146 Å². The molecule has 9 aromatic rings. The summed E-state index contributed by atoms with van der Waals surface area (Å²) in [5, 5.41) is 10.5. The highest BCUT2D eigenvalue weighted by Crippen LogP contribution is 2.42. The lowest BCUT2D eigenvalue weighted by Gasteiger charge is -2.13. The number of thiophene rings is 2. The van der Waals surface area contributed by atoms with Crippen LogP contribution in [0.5, 0.6) is 0 Å². The smallest absolute Gasteiger partial charge is 0.0355 e. The second-order valence-electron chi connectivity index (χ2n) is 10.9. The topological polar surface area (TPSA) is 0 Å². The average molecular weight is 569 g/mol. The maximum atomic E-state index is 2.40. The van der Waals surface area contributed by atoms with Crippen LogP contribution < -0.4 is 0 Å². The molecule has 0 aliphatic heterocycles. The summed E-state index contributed by atoms with van der Waals surface area (Å²) in [7, 11) is 0. The highest BCUT2D eigenvalue weighted by molar-refractivity contribution is 7.25. The van der Waals surface area contributed by atoms with Crippen LogP contribution in [0.2, 0.25) is 0 Å². The number of benzene rings is 7. The quantitative estimate of drug-likeness (QED) is 0.186. The van der Waals surface area contributed by atoms with Crippen LogP contribution in [-0.2, 0) is 0 Å². The Morgan fingerprint density at radius 2 is 0.762 bits per heavy atom. The lowest BCUT2D eigenvalue weighted by Crippen LogP contribution is -1.86. The minimum absolute atomic E-state index is 1.25. The van der Waals surface area contributed by atoms with Crippen LogP contribution in [0.4, 0.5) is 0 Å². The molecule has 0 unspecified atom stereocenters. The molecular formula is C40H24S2. The standard InChI is InChI=1S/C40H24S2/c1-2-8-25(9-3-1)26-14-17-32-34(22-26)30-11-5-4-10-29(30)31-18-15-27(23-35(31)32)37-20-21-38(41-37)28-16-19-40-36(24-28)33-12-6-7-13-39(33)42-40/h1-24H. The molecule has 9 rings (SSSR count). The molecule has 7 aromatic carbocycles. The zero-order valence-corrected chi connectivity index (χ0v) is 24.3. The van der Waals surface area contributed by atoms with Crippen molar-refractivity contribution >= 4 is 75.2 Å². The molecule has 196 valence electrons. The molecule has 0 spiro atoms. The van der Waals surface area contributed by atoms with E-state index in [-0.39, 0.29) is 0 Å². The van der Waals surface area contributed by atoms with Crippen molar-refractivity contribution in [1.29, 1.82) is 0 Å². The van der Waals surface area contributed by atoms with Crippen molar-refractivity contribution in [2.75, 3.05) is 0 Å². The van der Waals surface area contributed by atoms with Crippen LogP contribution in [0.1, 0.15) is 0 Å². The molecule has 0 amide bonds. The minimum atomic E-state index is 1.25. The zero-order valence-electron chi connectivity index (χ0n) is 22.7. The summed E-state index contributed by atoms with van der Waals surface area (Å²) in [5.41, 5.74) is 5.05. The number of rotatable bonds is 3. The summed E-state index contributed by atoms with van der Waals surface area (Å²) < 4.78 is 2.70. The van der Waals surface area contributed by atoms with Gasteiger partial charge in [-0.15, -0.1) is 22.7 Å². The number of fused-ring (bicyclic) bond motifs is 9. The molecule has 0 aliphatic carbocycles. The highest BCUT2D eigenvalue weighted by Gasteiger charge is 2.13. The molecule has 0 radical (unpaired) electrons. The molecule has 0 saturated carbocycles. The van der Waals surface area contributed by atoms with E-state index in [0.717, 1.165) is 0 Å². The second-order valence-corrected chi connectivity index (χ2v) is 13.1.